The first kappa shape index (κ1) is 14.0. The average Bonchev–Trinajstić information content (AvgIpc) is 3.07. The number of aliphatic carboxylic acids is 1. The molecule has 0 saturated heterocycles. The molecular formula is C14H14ClNO5. The Labute approximate surface area is 126 Å². The Bertz CT molecular complexity index is 603. The molecule has 21 heavy (non-hydrogen) atoms. The number of benzene rings is 1. The second-order valence-corrected chi connectivity index (χ2v) is 5.63. The molecule has 1 amide bonds. The van der Waals surface area contributed by atoms with Crippen LogP contribution in [0, 0.1) is 11.8 Å². The number of halogens is 1. The van der Waals surface area contributed by atoms with Gasteiger partial charge in [-0.05, 0) is 19.3 Å². The summed E-state index contributed by atoms with van der Waals surface area (Å²) in [6, 6.07) is 3.21. The summed E-state index contributed by atoms with van der Waals surface area (Å²) >= 11 is 6.09. The molecule has 2 aliphatic rings. The summed E-state index contributed by atoms with van der Waals surface area (Å²) in [7, 11) is 0. The molecule has 0 unspecified atom stereocenters. The lowest BCUT2D eigenvalue weighted by Crippen LogP contribution is -2.21. The van der Waals surface area contributed by atoms with Gasteiger partial charge < -0.3 is 19.9 Å². The minimum Gasteiger partial charge on any atom is -0.481 e. The molecule has 7 heteroatoms. The van der Waals surface area contributed by atoms with E-state index in [1.54, 1.807) is 12.1 Å². The van der Waals surface area contributed by atoms with Crippen molar-refractivity contribution in [3.8, 4) is 11.5 Å². The van der Waals surface area contributed by atoms with Gasteiger partial charge in [-0.15, -0.1) is 0 Å². The predicted molar refractivity (Wildman–Crippen MR) is 74.7 cm³/mol. The van der Waals surface area contributed by atoms with Crippen LogP contribution in [-0.2, 0) is 9.59 Å². The summed E-state index contributed by atoms with van der Waals surface area (Å²) < 4.78 is 10.4. The van der Waals surface area contributed by atoms with E-state index in [1.807, 2.05) is 0 Å². The smallest absolute Gasteiger partial charge is 0.306 e. The number of fused-ring (bicyclic) bond motifs is 1. The number of amides is 1. The van der Waals surface area contributed by atoms with Gasteiger partial charge in [-0.2, -0.15) is 0 Å². The summed E-state index contributed by atoms with van der Waals surface area (Å²) in [4.78, 5) is 23.1. The number of carboxylic acids is 1. The van der Waals surface area contributed by atoms with Crippen LogP contribution < -0.4 is 14.8 Å². The van der Waals surface area contributed by atoms with E-state index in [4.69, 9.17) is 26.2 Å². The fraction of sp³-hybridized carbons (Fsp3) is 0.429. The van der Waals surface area contributed by atoms with Crippen molar-refractivity contribution in [3.63, 3.8) is 0 Å². The molecule has 1 fully saturated rings. The molecule has 0 spiro atoms. The highest BCUT2D eigenvalue weighted by molar-refractivity contribution is 6.34. The highest BCUT2D eigenvalue weighted by Crippen LogP contribution is 2.40. The summed E-state index contributed by atoms with van der Waals surface area (Å²) in [6.07, 6.45) is 1.47. The first-order valence-electron chi connectivity index (χ1n) is 6.67. The van der Waals surface area contributed by atoms with E-state index < -0.39 is 11.9 Å². The van der Waals surface area contributed by atoms with Crippen molar-refractivity contribution in [1.29, 1.82) is 0 Å². The normalized spacial score (nSPS) is 23.1. The van der Waals surface area contributed by atoms with Crippen molar-refractivity contribution in [2.24, 2.45) is 11.8 Å². The summed E-state index contributed by atoms with van der Waals surface area (Å²) in [5.74, 6) is -0.708. The van der Waals surface area contributed by atoms with Gasteiger partial charge in [0, 0.05) is 18.1 Å². The van der Waals surface area contributed by atoms with Crippen molar-refractivity contribution in [2.75, 3.05) is 12.1 Å². The Balaban J connectivity index is 1.70. The second-order valence-electron chi connectivity index (χ2n) is 5.22. The number of ether oxygens (including phenoxy) is 2. The minimum atomic E-state index is -0.841. The molecule has 0 bridgehead atoms. The third kappa shape index (κ3) is 2.76. The van der Waals surface area contributed by atoms with E-state index in [9.17, 15) is 9.59 Å². The molecule has 1 saturated carbocycles. The van der Waals surface area contributed by atoms with Crippen LogP contribution in [0.5, 0.6) is 11.5 Å². The molecule has 0 radical (unpaired) electrons. The molecular weight excluding hydrogens is 298 g/mol. The van der Waals surface area contributed by atoms with Crippen LogP contribution in [0.1, 0.15) is 19.3 Å². The number of carbonyl (C=O) groups excluding carboxylic acids is 1. The number of carbonyl (C=O) groups is 2. The van der Waals surface area contributed by atoms with Gasteiger partial charge in [-0.25, -0.2) is 0 Å². The molecule has 1 heterocycles. The van der Waals surface area contributed by atoms with E-state index >= 15 is 0 Å². The highest BCUT2D eigenvalue weighted by atomic mass is 35.5. The van der Waals surface area contributed by atoms with E-state index in [-0.39, 0.29) is 18.6 Å². The molecule has 0 aromatic heterocycles. The standard InChI is InChI=1S/C14H14ClNO5/c15-9-4-11-12(21-6-20-11)5-10(9)16-13(17)7-1-2-8(3-7)14(18)19/h4-5,7-8H,1-3,6H2,(H,16,17)(H,18,19)/t7-,8+/m1/s1. The summed E-state index contributed by atoms with van der Waals surface area (Å²) in [5.41, 5.74) is 0.449. The van der Waals surface area contributed by atoms with E-state index in [2.05, 4.69) is 5.32 Å². The Hall–Kier alpha value is -1.95. The van der Waals surface area contributed by atoms with Crippen molar-refractivity contribution < 1.29 is 24.2 Å². The fourth-order valence-electron chi connectivity index (χ4n) is 2.69. The lowest BCUT2D eigenvalue weighted by atomic mass is 10.0. The number of rotatable bonds is 3. The first-order chi connectivity index (χ1) is 10.0. The van der Waals surface area contributed by atoms with Crippen LogP contribution in [0.2, 0.25) is 5.02 Å². The lowest BCUT2D eigenvalue weighted by molar-refractivity contribution is -0.141. The van der Waals surface area contributed by atoms with Crippen molar-refractivity contribution >= 4 is 29.2 Å². The van der Waals surface area contributed by atoms with Gasteiger partial charge in [0.1, 0.15) is 0 Å². The Morgan fingerprint density at radius 2 is 1.86 bits per heavy atom. The molecule has 3 rings (SSSR count). The number of hydrogen-bond donors (Lipinski definition) is 2. The Kier molecular flexibility index (Phi) is 3.63. The van der Waals surface area contributed by atoms with Gasteiger partial charge in [0.05, 0.1) is 16.6 Å². The van der Waals surface area contributed by atoms with Crippen LogP contribution in [0.3, 0.4) is 0 Å². The molecule has 1 aliphatic heterocycles. The van der Waals surface area contributed by atoms with Gasteiger partial charge >= 0.3 is 5.97 Å². The minimum absolute atomic E-state index is 0.131. The molecule has 1 aromatic carbocycles. The van der Waals surface area contributed by atoms with Crippen molar-refractivity contribution in [3.05, 3.63) is 17.2 Å². The number of hydrogen-bond acceptors (Lipinski definition) is 4. The molecule has 6 nitrogen and oxygen atoms in total. The van der Waals surface area contributed by atoms with Gasteiger partial charge in [0.15, 0.2) is 11.5 Å². The Morgan fingerprint density at radius 3 is 2.52 bits per heavy atom. The van der Waals surface area contributed by atoms with Gasteiger partial charge in [-0.3, -0.25) is 9.59 Å². The topological polar surface area (TPSA) is 84.9 Å². The summed E-state index contributed by atoms with van der Waals surface area (Å²) in [6.45, 7) is 0.131. The zero-order chi connectivity index (χ0) is 15.0. The molecule has 1 aliphatic carbocycles. The molecule has 1 aromatic rings. The van der Waals surface area contributed by atoms with E-state index in [0.29, 0.717) is 41.5 Å². The van der Waals surface area contributed by atoms with Crippen LogP contribution >= 0.6 is 11.6 Å². The number of carboxylic acid groups (broad SMARTS) is 1. The molecule has 112 valence electrons. The largest absolute Gasteiger partial charge is 0.481 e. The maximum absolute atomic E-state index is 12.2. The average molecular weight is 312 g/mol. The molecule has 2 N–H and O–H groups in total. The van der Waals surface area contributed by atoms with Gasteiger partial charge in [-0.1, -0.05) is 11.6 Å². The third-order valence-corrected chi connectivity index (χ3v) is 4.19. The Morgan fingerprint density at radius 1 is 1.19 bits per heavy atom. The van der Waals surface area contributed by atoms with Crippen LogP contribution in [0.15, 0.2) is 12.1 Å². The van der Waals surface area contributed by atoms with Crippen LogP contribution in [0.4, 0.5) is 5.69 Å². The van der Waals surface area contributed by atoms with Gasteiger partial charge in [0.2, 0.25) is 12.7 Å². The first-order valence-corrected chi connectivity index (χ1v) is 7.05. The highest BCUT2D eigenvalue weighted by Gasteiger charge is 2.34. The van der Waals surface area contributed by atoms with Crippen LogP contribution in [0.25, 0.3) is 0 Å². The second kappa shape index (κ2) is 5.44. The van der Waals surface area contributed by atoms with Crippen LogP contribution in [-0.4, -0.2) is 23.8 Å². The van der Waals surface area contributed by atoms with E-state index in [1.165, 1.54) is 0 Å². The number of anilines is 1. The van der Waals surface area contributed by atoms with Gasteiger partial charge in [0.25, 0.3) is 0 Å². The third-order valence-electron chi connectivity index (χ3n) is 3.87. The molecule has 2 atom stereocenters. The maximum atomic E-state index is 12.2. The SMILES string of the molecule is O=C(O)[C@H]1CC[C@@H](C(=O)Nc2cc3c(cc2Cl)OCO3)C1. The maximum Gasteiger partial charge on any atom is 0.306 e. The lowest BCUT2D eigenvalue weighted by Gasteiger charge is -2.12. The quantitative estimate of drug-likeness (QED) is 0.896. The summed E-state index contributed by atoms with van der Waals surface area (Å²) in [5, 5.41) is 12.1. The fourth-order valence-corrected chi connectivity index (χ4v) is 2.89. The number of nitrogens with one attached hydrogen (secondary N) is 1. The van der Waals surface area contributed by atoms with E-state index in [0.717, 1.165) is 0 Å². The predicted octanol–water partition coefficient (Wildman–Crippen LogP) is 2.51. The monoisotopic (exact) mass is 311 g/mol. The zero-order valence-electron chi connectivity index (χ0n) is 11.1. The zero-order valence-corrected chi connectivity index (χ0v) is 11.9. The van der Waals surface area contributed by atoms with Crippen molar-refractivity contribution in [2.45, 2.75) is 19.3 Å². The van der Waals surface area contributed by atoms with Crippen molar-refractivity contribution in [1.82, 2.24) is 0 Å².